The van der Waals surface area contributed by atoms with Gasteiger partial charge in [0.15, 0.2) is 17.5 Å². The summed E-state index contributed by atoms with van der Waals surface area (Å²) in [6, 6.07) is 65.6. The van der Waals surface area contributed by atoms with Crippen molar-refractivity contribution in [3.05, 3.63) is 211 Å². The molecule has 11 rings (SSSR count). The number of hydrogen-bond acceptors (Lipinski definition) is 5. The smallest absolute Gasteiger partial charge is 0.268 e. The molecule has 2 aromatic heterocycles. The van der Waals surface area contributed by atoms with Crippen LogP contribution in [0, 0.1) is 0 Å². The fraction of sp³-hybridized carbons (Fsp3) is 0. The molecule has 1 aliphatic heterocycles. The van der Waals surface area contributed by atoms with Crippen molar-refractivity contribution in [3.8, 4) is 62.1 Å². The Morgan fingerprint density at radius 1 is 0.333 bits per heavy atom. The molecule has 7 nitrogen and oxygen atoms in total. The minimum atomic E-state index is -0.373. The molecule has 10 aromatic rings. The molecule has 8 aromatic carbocycles. The van der Waals surface area contributed by atoms with Crippen LogP contribution in [0.4, 0.5) is 5.69 Å². The third-order valence-corrected chi connectivity index (χ3v) is 11.2. The van der Waals surface area contributed by atoms with Crippen molar-refractivity contribution >= 4 is 39.3 Å². The van der Waals surface area contributed by atoms with Gasteiger partial charge in [-0.25, -0.2) is 19.9 Å². The zero-order valence-corrected chi connectivity index (χ0v) is 32.1. The van der Waals surface area contributed by atoms with Gasteiger partial charge in [-0.2, -0.15) is 0 Å². The van der Waals surface area contributed by atoms with Gasteiger partial charge in [-0.1, -0.05) is 158 Å². The zero-order valence-electron chi connectivity index (χ0n) is 32.1. The van der Waals surface area contributed by atoms with E-state index in [9.17, 15) is 4.79 Å². The van der Waals surface area contributed by atoms with Crippen molar-refractivity contribution in [2.24, 2.45) is 0 Å². The Balaban J connectivity index is 1.07. The Morgan fingerprint density at radius 2 is 0.867 bits per heavy atom. The van der Waals surface area contributed by atoms with Gasteiger partial charge >= 0.3 is 0 Å². The van der Waals surface area contributed by atoms with Crippen LogP contribution in [0.5, 0.6) is 0 Å². The summed E-state index contributed by atoms with van der Waals surface area (Å²) in [5, 5.41) is 1.95. The van der Waals surface area contributed by atoms with Gasteiger partial charge in [0.05, 0.1) is 33.5 Å². The molecule has 282 valence electrons. The topological polar surface area (TPSA) is 81.0 Å². The molecule has 7 heteroatoms. The van der Waals surface area contributed by atoms with E-state index in [1.54, 1.807) is 6.07 Å². The van der Waals surface area contributed by atoms with Gasteiger partial charge in [0.1, 0.15) is 0 Å². The minimum Gasteiger partial charge on any atom is -0.308 e. The Morgan fingerprint density at radius 3 is 1.52 bits per heavy atom. The van der Waals surface area contributed by atoms with Gasteiger partial charge in [0.25, 0.3) is 11.8 Å². The second-order valence-corrected chi connectivity index (χ2v) is 14.7. The number of benzene rings is 8. The molecule has 0 saturated carbocycles. The average Bonchev–Trinajstić information content (AvgIpc) is 3.79. The van der Waals surface area contributed by atoms with Crippen molar-refractivity contribution < 1.29 is 9.59 Å². The highest BCUT2D eigenvalue weighted by atomic mass is 16.2. The van der Waals surface area contributed by atoms with Crippen LogP contribution < -0.4 is 4.90 Å². The van der Waals surface area contributed by atoms with E-state index in [0.29, 0.717) is 40.0 Å². The first kappa shape index (κ1) is 34.9. The maximum absolute atomic E-state index is 15.0. The summed E-state index contributed by atoms with van der Waals surface area (Å²) in [5.74, 6) is 0.979. The van der Waals surface area contributed by atoms with Crippen LogP contribution in [0.1, 0.15) is 20.7 Å². The van der Waals surface area contributed by atoms with Gasteiger partial charge in [0.2, 0.25) is 0 Å². The lowest BCUT2D eigenvalue weighted by Gasteiger charge is -2.20. The number of fused-ring (bicyclic) bond motifs is 4. The first-order valence-electron chi connectivity index (χ1n) is 19.8. The Labute approximate surface area is 345 Å². The number of para-hydroxylation sites is 1. The van der Waals surface area contributed by atoms with Crippen molar-refractivity contribution in [3.63, 3.8) is 0 Å². The molecular weight excluding hydrogens is 739 g/mol. The molecule has 0 atom stereocenters. The number of anilines is 1. The lowest BCUT2D eigenvalue weighted by atomic mass is 9.97. The Hall–Kier alpha value is -8.29. The van der Waals surface area contributed by atoms with E-state index in [1.165, 1.54) is 4.90 Å². The Bertz CT molecular complexity index is 3230. The largest absolute Gasteiger partial charge is 0.308 e. The van der Waals surface area contributed by atoms with Crippen molar-refractivity contribution in [2.45, 2.75) is 0 Å². The van der Waals surface area contributed by atoms with Crippen molar-refractivity contribution in [1.29, 1.82) is 0 Å². The van der Waals surface area contributed by atoms with Crippen LogP contribution >= 0.6 is 0 Å². The predicted octanol–water partition coefficient (Wildman–Crippen LogP) is 12.1. The summed E-state index contributed by atoms with van der Waals surface area (Å²) in [7, 11) is 0. The van der Waals surface area contributed by atoms with E-state index in [-0.39, 0.29) is 11.8 Å². The van der Waals surface area contributed by atoms with E-state index in [4.69, 9.17) is 15.0 Å². The summed E-state index contributed by atoms with van der Waals surface area (Å²) in [6.07, 6.45) is 0. The second kappa shape index (κ2) is 14.3. The monoisotopic (exact) mass is 771 g/mol. The van der Waals surface area contributed by atoms with Gasteiger partial charge in [0, 0.05) is 33.0 Å². The number of nitrogens with zero attached hydrogens (tertiary/aromatic N) is 5. The lowest BCUT2D eigenvalue weighted by Crippen LogP contribution is -2.30. The predicted molar refractivity (Wildman–Crippen MR) is 239 cm³/mol. The molecule has 0 spiro atoms. The highest BCUT2D eigenvalue weighted by Gasteiger charge is 2.40. The third kappa shape index (κ3) is 5.79. The molecule has 0 aliphatic carbocycles. The van der Waals surface area contributed by atoms with Gasteiger partial charge in [-0.05, 0) is 59.2 Å². The summed E-state index contributed by atoms with van der Waals surface area (Å²) in [4.78, 5) is 45.9. The van der Waals surface area contributed by atoms with Gasteiger partial charge in [-0.15, -0.1) is 0 Å². The number of rotatable bonds is 7. The highest BCUT2D eigenvalue weighted by molar-refractivity contribution is 6.36. The highest BCUT2D eigenvalue weighted by Crippen LogP contribution is 2.42. The van der Waals surface area contributed by atoms with E-state index in [2.05, 4.69) is 16.7 Å². The molecule has 0 saturated heterocycles. The first-order valence-corrected chi connectivity index (χ1v) is 19.8. The van der Waals surface area contributed by atoms with Crippen LogP contribution in [-0.4, -0.2) is 31.3 Å². The zero-order chi connectivity index (χ0) is 40.2. The fourth-order valence-corrected chi connectivity index (χ4v) is 8.37. The molecule has 0 radical (unpaired) electrons. The molecule has 0 unspecified atom stereocenters. The van der Waals surface area contributed by atoms with Crippen LogP contribution in [-0.2, 0) is 0 Å². The number of aromatic nitrogens is 4. The quantitative estimate of drug-likeness (QED) is 0.151. The van der Waals surface area contributed by atoms with E-state index < -0.39 is 0 Å². The van der Waals surface area contributed by atoms with Crippen molar-refractivity contribution in [2.75, 3.05) is 4.90 Å². The lowest BCUT2D eigenvalue weighted by molar-refractivity contribution is 0.0926. The van der Waals surface area contributed by atoms with Crippen LogP contribution in [0.3, 0.4) is 0 Å². The van der Waals surface area contributed by atoms with Crippen LogP contribution in [0.25, 0.3) is 83.9 Å². The SMILES string of the molecule is O=C1c2cccc(-n3c4ccccc4c4cc(-c5nc(-c6ccccc6)nc(-c6ccccc6)n5)ccc43)c2C(=O)N1c1cc(-c2ccccc2)ccc1-c1ccccc1. The van der Waals surface area contributed by atoms with Crippen LogP contribution in [0.2, 0.25) is 0 Å². The third-order valence-electron chi connectivity index (χ3n) is 11.2. The van der Waals surface area contributed by atoms with Crippen molar-refractivity contribution in [1.82, 2.24) is 19.5 Å². The van der Waals surface area contributed by atoms with Gasteiger partial charge in [-0.3, -0.25) is 9.59 Å². The van der Waals surface area contributed by atoms with Crippen LogP contribution in [0.15, 0.2) is 200 Å². The Kier molecular flexibility index (Phi) is 8.30. The fourth-order valence-electron chi connectivity index (χ4n) is 8.37. The molecule has 60 heavy (non-hydrogen) atoms. The average molecular weight is 772 g/mol. The summed E-state index contributed by atoms with van der Waals surface area (Å²) >= 11 is 0. The number of amides is 2. The minimum absolute atomic E-state index is 0.357. The summed E-state index contributed by atoms with van der Waals surface area (Å²) in [6.45, 7) is 0. The summed E-state index contributed by atoms with van der Waals surface area (Å²) < 4.78 is 2.10. The first-order chi connectivity index (χ1) is 29.6. The maximum atomic E-state index is 15.0. The number of carbonyl (C=O) groups is 2. The maximum Gasteiger partial charge on any atom is 0.268 e. The normalized spacial score (nSPS) is 12.4. The number of hydrogen-bond donors (Lipinski definition) is 0. The molecule has 2 amide bonds. The molecule has 0 bridgehead atoms. The molecule has 0 fully saturated rings. The number of imide groups is 1. The van der Waals surface area contributed by atoms with E-state index in [1.807, 2.05) is 182 Å². The summed E-state index contributed by atoms with van der Waals surface area (Å²) in [5.41, 5.74) is 9.87. The molecule has 1 aliphatic rings. The van der Waals surface area contributed by atoms with E-state index in [0.717, 1.165) is 60.8 Å². The molecular formula is C53H33N5O2. The standard InChI is InChI=1S/C53H33N5O2/c59-52-42-25-15-27-46(48(42)53(60)58(52)47-33-38(34-16-5-1-6-17-34)28-30-40(47)35-18-7-2-8-19-35)57-44-26-14-13-24-41(44)43-32-39(29-31-45(43)57)51-55-49(36-20-9-3-10-21-36)54-50(56-51)37-22-11-4-12-23-37/h1-33H. The second-order valence-electron chi connectivity index (χ2n) is 14.7. The van der Waals surface area contributed by atoms with Gasteiger partial charge < -0.3 is 4.57 Å². The van der Waals surface area contributed by atoms with E-state index >= 15 is 4.79 Å². The molecule has 0 N–H and O–H groups in total. The molecule has 3 heterocycles. The number of carbonyl (C=O) groups excluding carboxylic acids is 2.